The first kappa shape index (κ1) is 13.4. The van der Waals surface area contributed by atoms with Crippen LogP contribution in [-0.4, -0.2) is 36.1 Å². The minimum atomic E-state index is -0.462. The monoisotopic (exact) mass is 237 g/mol. The van der Waals surface area contributed by atoms with Crippen LogP contribution in [0.2, 0.25) is 0 Å². The Morgan fingerprint density at radius 1 is 1.41 bits per heavy atom. The smallest absolute Gasteiger partial charge is 0.358 e. The first-order valence-electron chi connectivity index (χ1n) is 5.73. The lowest BCUT2D eigenvalue weighted by atomic mass is 10.2. The molecule has 1 aromatic heterocycles. The standard InChI is InChI=1S/C12H19N3O2/c1-5-15(8-9(2)3)11-7-13-10(6-14-11)12(16)17-4/h6-7,9H,5,8H2,1-4H3. The number of esters is 1. The summed E-state index contributed by atoms with van der Waals surface area (Å²) in [5.41, 5.74) is 0.233. The maximum Gasteiger partial charge on any atom is 0.358 e. The Kier molecular flexibility index (Phi) is 4.87. The fraction of sp³-hybridized carbons (Fsp3) is 0.583. The largest absolute Gasteiger partial charge is 0.464 e. The van der Waals surface area contributed by atoms with Gasteiger partial charge in [-0.1, -0.05) is 13.8 Å². The van der Waals surface area contributed by atoms with Crippen LogP contribution in [0.1, 0.15) is 31.3 Å². The van der Waals surface area contributed by atoms with Crippen molar-refractivity contribution in [2.75, 3.05) is 25.1 Å². The maximum absolute atomic E-state index is 11.2. The summed E-state index contributed by atoms with van der Waals surface area (Å²) in [5.74, 6) is 0.877. The molecule has 0 saturated heterocycles. The van der Waals surface area contributed by atoms with E-state index in [-0.39, 0.29) is 5.69 Å². The summed E-state index contributed by atoms with van der Waals surface area (Å²) < 4.78 is 4.57. The second kappa shape index (κ2) is 6.18. The Hall–Kier alpha value is -1.65. The number of anilines is 1. The van der Waals surface area contributed by atoms with Crippen LogP contribution in [0.25, 0.3) is 0 Å². The van der Waals surface area contributed by atoms with Crippen LogP contribution in [0.5, 0.6) is 0 Å². The van der Waals surface area contributed by atoms with Crippen molar-refractivity contribution < 1.29 is 9.53 Å². The molecule has 0 radical (unpaired) electrons. The molecule has 1 heterocycles. The number of aromatic nitrogens is 2. The van der Waals surface area contributed by atoms with E-state index in [4.69, 9.17) is 0 Å². The highest BCUT2D eigenvalue weighted by molar-refractivity contribution is 5.86. The van der Waals surface area contributed by atoms with Gasteiger partial charge in [0.25, 0.3) is 0 Å². The molecule has 0 atom stereocenters. The number of carbonyl (C=O) groups is 1. The van der Waals surface area contributed by atoms with E-state index in [9.17, 15) is 4.79 Å². The lowest BCUT2D eigenvalue weighted by molar-refractivity contribution is 0.0593. The SMILES string of the molecule is CCN(CC(C)C)c1cnc(C(=O)OC)cn1. The van der Waals surface area contributed by atoms with E-state index in [1.165, 1.54) is 13.3 Å². The molecule has 1 aromatic rings. The third-order valence-electron chi connectivity index (χ3n) is 2.32. The second-order valence-corrected chi connectivity index (χ2v) is 4.18. The van der Waals surface area contributed by atoms with Crippen molar-refractivity contribution in [3.05, 3.63) is 18.1 Å². The van der Waals surface area contributed by atoms with Crippen LogP contribution in [0, 0.1) is 5.92 Å². The molecule has 5 nitrogen and oxygen atoms in total. The summed E-state index contributed by atoms with van der Waals surface area (Å²) in [6.07, 6.45) is 3.06. The number of methoxy groups -OCH3 is 1. The van der Waals surface area contributed by atoms with Crippen molar-refractivity contribution in [1.29, 1.82) is 0 Å². The molecular formula is C12H19N3O2. The Bertz CT molecular complexity index is 363. The molecule has 0 amide bonds. The Morgan fingerprint density at radius 2 is 2.12 bits per heavy atom. The van der Waals surface area contributed by atoms with Crippen LogP contribution in [0.15, 0.2) is 12.4 Å². The van der Waals surface area contributed by atoms with Crippen LogP contribution in [0.3, 0.4) is 0 Å². The Labute approximate surface area is 102 Å². The van der Waals surface area contributed by atoms with E-state index in [1.54, 1.807) is 6.20 Å². The van der Waals surface area contributed by atoms with Gasteiger partial charge in [-0.15, -0.1) is 0 Å². The van der Waals surface area contributed by atoms with Crippen LogP contribution < -0.4 is 4.90 Å². The third-order valence-corrected chi connectivity index (χ3v) is 2.32. The molecule has 0 aliphatic rings. The average molecular weight is 237 g/mol. The van der Waals surface area contributed by atoms with Gasteiger partial charge in [0.1, 0.15) is 5.82 Å². The van der Waals surface area contributed by atoms with Crippen LogP contribution in [-0.2, 0) is 4.74 Å². The van der Waals surface area contributed by atoms with E-state index in [1.807, 2.05) is 0 Å². The molecule has 0 N–H and O–H groups in total. The predicted molar refractivity (Wildman–Crippen MR) is 66.1 cm³/mol. The molecule has 94 valence electrons. The molecular weight excluding hydrogens is 218 g/mol. The van der Waals surface area contributed by atoms with E-state index < -0.39 is 5.97 Å². The molecule has 0 spiro atoms. The van der Waals surface area contributed by atoms with Crippen molar-refractivity contribution >= 4 is 11.8 Å². The van der Waals surface area contributed by atoms with Gasteiger partial charge in [-0.2, -0.15) is 0 Å². The molecule has 17 heavy (non-hydrogen) atoms. The quantitative estimate of drug-likeness (QED) is 0.730. The highest BCUT2D eigenvalue weighted by Gasteiger charge is 2.11. The Morgan fingerprint density at radius 3 is 2.53 bits per heavy atom. The van der Waals surface area contributed by atoms with Crippen molar-refractivity contribution in [2.24, 2.45) is 5.92 Å². The molecule has 0 aliphatic heterocycles. The predicted octanol–water partition coefficient (Wildman–Crippen LogP) is 1.75. The minimum absolute atomic E-state index is 0.233. The first-order valence-corrected chi connectivity index (χ1v) is 5.73. The normalized spacial score (nSPS) is 10.4. The van der Waals surface area contributed by atoms with Crippen LogP contribution >= 0.6 is 0 Å². The van der Waals surface area contributed by atoms with Gasteiger partial charge in [0.2, 0.25) is 0 Å². The number of rotatable bonds is 5. The summed E-state index contributed by atoms with van der Waals surface area (Å²) in [6.45, 7) is 8.16. The number of carbonyl (C=O) groups excluding carboxylic acids is 1. The molecule has 0 aliphatic carbocycles. The molecule has 5 heteroatoms. The number of ether oxygens (including phenoxy) is 1. The minimum Gasteiger partial charge on any atom is -0.464 e. The number of hydrogen-bond acceptors (Lipinski definition) is 5. The summed E-state index contributed by atoms with van der Waals surface area (Å²) >= 11 is 0. The lowest BCUT2D eigenvalue weighted by Crippen LogP contribution is -2.28. The fourth-order valence-electron chi connectivity index (χ4n) is 1.52. The van der Waals surface area contributed by atoms with Gasteiger partial charge in [-0.05, 0) is 12.8 Å². The maximum atomic E-state index is 11.2. The lowest BCUT2D eigenvalue weighted by Gasteiger charge is -2.23. The van der Waals surface area contributed by atoms with Gasteiger partial charge < -0.3 is 9.64 Å². The van der Waals surface area contributed by atoms with E-state index in [0.29, 0.717) is 5.92 Å². The van der Waals surface area contributed by atoms with Crippen LogP contribution in [0.4, 0.5) is 5.82 Å². The van der Waals surface area contributed by atoms with E-state index in [0.717, 1.165) is 18.9 Å². The van der Waals surface area contributed by atoms with Gasteiger partial charge in [0, 0.05) is 13.1 Å². The molecule has 0 bridgehead atoms. The summed E-state index contributed by atoms with van der Waals surface area (Å²) in [6, 6.07) is 0. The van der Waals surface area contributed by atoms with Gasteiger partial charge >= 0.3 is 5.97 Å². The van der Waals surface area contributed by atoms with Crippen molar-refractivity contribution in [2.45, 2.75) is 20.8 Å². The highest BCUT2D eigenvalue weighted by atomic mass is 16.5. The zero-order valence-corrected chi connectivity index (χ0v) is 10.8. The van der Waals surface area contributed by atoms with Gasteiger partial charge in [0.15, 0.2) is 5.69 Å². The van der Waals surface area contributed by atoms with Crippen molar-refractivity contribution in [1.82, 2.24) is 9.97 Å². The van der Waals surface area contributed by atoms with Gasteiger partial charge in [0.05, 0.1) is 19.5 Å². The fourth-order valence-corrected chi connectivity index (χ4v) is 1.52. The highest BCUT2D eigenvalue weighted by Crippen LogP contribution is 2.11. The molecule has 0 aromatic carbocycles. The summed E-state index contributed by atoms with van der Waals surface area (Å²) in [4.78, 5) is 21.6. The molecule has 0 fully saturated rings. The zero-order valence-electron chi connectivity index (χ0n) is 10.8. The van der Waals surface area contributed by atoms with Gasteiger partial charge in [-0.25, -0.2) is 14.8 Å². The third kappa shape index (κ3) is 3.69. The van der Waals surface area contributed by atoms with Crippen molar-refractivity contribution in [3.8, 4) is 0 Å². The van der Waals surface area contributed by atoms with Gasteiger partial charge in [-0.3, -0.25) is 0 Å². The molecule has 0 unspecified atom stereocenters. The topological polar surface area (TPSA) is 55.3 Å². The molecule has 1 rings (SSSR count). The summed E-state index contributed by atoms with van der Waals surface area (Å²) in [7, 11) is 1.33. The Balaban J connectivity index is 2.81. The average Bonchev–Trinajstić information content (AvgIpc) is 2.35. The summed E-state index contributed by atoms with van der Waals surface area (Å²) in [5, 5.41) is 0. The second-order valence-electron chi connectivity index (χ2n) is 4.18. The molecule has 0 saturated carbocycles. The van der Waals surface area contributed by atoms with E-state index >= 15 is 0 Å². The van der Waals surface area contributed by atoms with E-state index in [2.05, 4.69) is 40.4 Å². The zero-order chi connectivity index (χ0) is 12.8. The first-order chi connectivity index (χ1) is 8.08. The van der Waals surface area contributed by atoms with Crippen molar-refractivity contribution in [3.63, 3.8) is 0 Å². The number of nitrogens with zero attached hydrogens (tertiary/aromatic N) is 3. The number of hydrogen-bond donors (Lipinski definition) is 0.